The van der Waals surface area contributed by atoms with Crippen LogP contribution in [-0.4, -0.2) is 20.4 Å². The van der Waals surface area contributed by atoms with Gasteiger partial charge < -0.3 is 14.2 Å². The number of allylic oxidation sites excluding steroid dienone is 4. The van der Waals surface area contributed by atoms with Crippen LogP contribution in [0.3, 0.4) is 0 Å². The number of thiol groups is 1. The van der Waals surface area contributed by atoms with Crippen molar-refractivity contribution in [3.63, 3.8) is 0 Å². The molecule has 0 unspecified atom stereocenters. The molecule has 346 valence electrons. The number of hydrogen-bond acceptors (Lipinski definition) is 5. The molecule has 1 fully saturated rings. The van der Waals surface area contributed by atoms with Gasteiger partial charge in [-0.3, -0.25) is 4.99 Å². The molecule has 0 N–H and O–H groups in total. The minimum Gasteiger partial charge on any atom is -0.496 e. The van der Waals surface area contributed by atoms with Crippen LogP contribution in [0.15, 0.2) is 187 Å². The van der Waals surface area contributed by atoms with E-state index in [1.165, 1.54) is 53.3 Å². The summed E-state index contributed by atoms with van der Waals surface area (Å²) >= 11 is 5.70. The number of para-hydroxylation sites is 2. The quantitative estimate of drug-likeness (QED) is 0.0562. The lowest BCUT2D eigenvalue weighted by molar-refractivity contribution is 0.131. The summed E-state index contributed by atoms with van der Waals surface area (Å²) in [5.74, 6) is 3.91. The number of hydrogen-bond donors (Lipinski definition) is 1. The maximum atomic E-state index is 6.27. The van der Waals surface area contributed by atoms with Gasteiger partial charge in [0, 0.05) is 24.2 Å². The first-order chi connectivity index (χ1) is 33.2. The molecule has 68 heavy (non-hydrogen) atoms. The number of fused-ring (bicyclic) bond motifs is 1. The fraction of sp³-hybridized carbons (Fsp3) is 0.254. The highest BCUT2D eigenvalue weighted by atomic mass is 32.1. The Morgan fingerprint density at radius 3 is 1.72 bits per heavy atom. The first-order valence-corrected chi connectivity index (χ1v) is 24.7. The summed E-state index contributed by atoms with van der Waals surface area (Å²) < 4.78 is 17.9. The Morgan fingerprint density at radius 2 is 1.19 bits per heavy atom. The number of rotatable bonds is 17. The van der Waals surface area contributed by atoms with Gasteiger partial charge in [0.05, 0.1) is 11.9 Å². The van der Waals surface area contributed by atoms with Gasteiger partial charge in [0.15, 0.2) is 0 Å². The maximum Gasteiger partial charge on any atom is 0.127 e. The molecular weight excluding hydrogens is 851 g/mol. The molecule has 0 aliphatic heterocycles. The highest BCUT2D eigenvalue weighted by Crippen LogP contribution is 2.55. The fourth-order valence-electron chi connectivity index (χ4n) is 10.4. The Hall–Kier alpha value is -6.56. The largest absolute Gasteiger partial charge is 0.496 e. The zero-order chi connectivity index (χ0) is 47.6. The van der Waals surface area contributed by atoms with E-state index in [1.54, 1.807) is 14.2 Å². The van der Waals surface area contributed by atoms with E-state index in [0.717, 1.165) is 75.7 Å². The van der Waals surface area contributed by atoms with Crippen molar-refractivity contribution in [3.8, 4) is 28.7 Å². The predicted octanol–water partition coefficient (Wildman–Crippen LogP) is 17.2. The summed E-state index contributed by atoms with van der Waals surface area (Å²) in [5, 5.41) is 2.28. The van der Waals surface area contributed by atoms with Crippen molar-refractivity contribution in [2.45, 2.75) is 82.8 Å². The van der Waals surface area contributed by atoms with Crippen LogP contribution in [0.2, 0.25) is 0 Å². The number of nitrogens with zero attached hydrogens (tertiary/aromatic N) is 1. The molecule has 4 nitrogen and oxygen atoms in total. The van der Waals surface area contributed by atoms with Crippen molar-refractivity contribution in [3.05, 3.63) is 221 Å². The molecule has 0 radical (unpaired) electrons. The van der Waals surface area contributed by atoms with Crippen LogP contribution in [0, 0.1) is 5.41 Å². The van der Waals surface area contributed by atoms with E-state index in [4.69, 9.17) is 26.8 Å². The second-order valence-corrected chi connectivity index (χ2v) is 18.9. The zero-order valence-electron chi connectivity index (χ0n) is 40.5. The van der Waals surface area contributed by atoms with Crippen molar-refractivity contribution in [2.24, 2.45) is 10.4 Å². The van der Waals surface area contributed by atoms with Crippen molar-refractivity contribution in [1.82, 2.24) is 0 Å². The van der Waals surface area contributed by atoms with E-state index in [9.17, 15) is 0 Å². The van der Waals surface area contributed by atoms with Gasteiger partial charge in [0.1, 0.15) is 28.7 Å². The Bertz CT molecular complexity index is 2810. The molecule has 7 aromatic rings. The van der Waals surface area contributed by atoms with Crippen LogP contribution in [0.25, 0.3) is 22.4 Å². The summed E-state index contributed by atoms with van der Waals surface area (Å²) in [7, 11) is 3.56. The smallest absolute Gasteiger partial charge is 0.127 e. The van der Waals surface area contributed by atoms with Crippen LogP contribution < -0.4 is 14.2 Å². The molecule has 0 bridgehead atoms. The van der Waals surface area contributed by atoms with E-state index in [-0.39, 0.29) is 5.41 Å². The monoisotopic (exact) mass is 915 g/mol. The van der Waals surface area contributed by atoms with Crippen molar-refractivity contribution in [1.29, 1.82) is 0 Å². The Labute approximate surface area is 410 Å². The lowest BCUT2D eigenvalue weighted by Gasteiger charge is -2.48. The van der Waals surface area contributed by atoms with Gasteiger partial charge in [-0.15, -0.1) is 0 Å². The van der Waals surface area contributed by atoms with Crippen LogP contribution in [0.1, 0.15) is 105 Å². The zero-order valence-corrected chi connectivity index (χ0v) is 41.4. The molecule has 0 heterocycles. The average Bonchev–Trinajstić information content (AvgIpc) is 3.39. The average molecular weight is 916 g/mol. The number of ether oxygens (including phenoxy) is 3. The van der Waals surface area contributed by atoms with Crippen molar-refractivity contribution in [2.75, 3.05) is 14.2 Å². The molecule has 1 saturated carbocycles. The highest BCUT2D eigenvalue weighted by Gasteiger charge is 2.45. The van der Waals surface area contributed by atoms with E-state index >= 15 is 0 Å². The molecule has 1 aliphatic carbocycles. The van der Waals surface area contributed by atoms with Gasteiger partial charge in [0.25, 0.3) is 0 Å². The van der Waals surface area contributed by atoms with Gasteiger partial charge in [-0.05, 0) is 173 Å². The van der Waals surface area contributed by atoms with E-state index in [1.807, 2.05) is 98.1 Å². The lowest BCUT2D eigenvalue weighted by Crippen LogP contribution is -2.39. The first-order valence-electron chi connectivity index (χ1n) is 24.3. The van der Waals surface area contributed by atoms with E-state index in [0.29, 0.717) is 5.41 Å². The second-order valence-electron chi connectivity index (χ2n) is 18.1. The van der Waals surface area contributed by atoms with Crippen molar-refractivity contribution < 1.29 is 14.2 Å². The SMILES string of the molecule is C\C=C/C(=C\C=N/C)c1cc2cc(C3(c4ccccc4CC)CCC(CC)(CC)CC3)c(/C=C\C(S)(c3ccc(Oc4ccccc4)cc3)c3ccc(Oc4ccccc4)cc3)cc2cc1OC. The number of methoxy groups -OCH3 is 1. The summed E-state index contributed by atoms with van der Waals surface area (Å²) in [4.78, 5) is 4.30. The summed E-state index contributed by atoms with van der Waals surface area (Å²) in [5.41, 5.74) is 9.59. The Balaban J connectivity index is 1.34. The lowest BCUT2D eigenvalue weighted by atomic mass is 9.56. The first kappa shape index (κ1) is 47.9. The molecular formula is C63H65NO3S. The fourth-order valence-corrected chi connectivity index (χ4v) is 10.8. The van der Waals surface area contributed by atoms with Crippen LogP contribution in [-0.2, 0) is 16.6 Å². The van der Waals surface area contributed by atoms with E-state index < -0.39 is 4.75 Å². The molecule has 0 amide bonds. The number of aliphatic imine (C=N–C) groups is 1. The molecule has 0 aromatic heterocycles. The molecule has 5 heteroatoms. The number of benzene rings is 7. The molecule has 8 rings (SSSR count). The van der Waals surface area contributed by atoms with Gasteiger partial charge in [-0.25, -0.2) is 0 Å². The van der Waals surface area contributed by atoms with Crippen molar-refractivity contribution >= 4 is 41.3 Å². The van der Waals surface area contributed by atoms with Gasteiger partial charge in [-0.1, -0.05) is 143 Å². The Morgan fingerprint density at radius 1 is 0.647 bits per heavy atom. The molecule has 7 aromatic carbocycles. The standard InChI is InChI=1S/C63H65NO3S/c1-7-19-47(35-41-64-5)57-43-50-44-59(62(58-25-18-17-20-46(58)8-2)39-37-61(9-3,10-4)38-40-62)48(42-49(50)45-60(57)65-6)34-36-63(68,51-26-30-55(31-27-51)66-53-21-13-11-14-22-53)52-28-32-56(33-29-52)67-54-23-15-12-16-24-54/h7,11-36,41-45,68H,8-10,37-40H2,1-6H3/b19-7-,36-34-,47-35+,64-41-. The minimum absolute atomic E-state index is 0.225. The third-order valence-corrected chi connectivity index (χ3v) is 15.2. The highest BCUT2D eigenvalue weighted by molar-refractivity contribution is 7.81. The van der Waals surface area contributed by atoms with Crippen LogP contribution in [0.4, 0.5) is 0 Å². The molecule has 0 saturated heterocycles. The third-order valence-electron chi connectivity index (χ3n) is 14.5. The van der Waals surface area contributed by atoms with Gasteiger partial charge in [-0.2, -0.15) is 12.6 Å². The summed E-state index contributed by atoms with van der Waals surface area (Å²) in [6, 6.07) is 55.1. The van der Waals surface area contributed by atoms with Gasteiger partial charge >= 0.3 is 0 Å². The van der Waals surface area contributed by atoms with E-state index in [2.05, 4.69) is 129 Å². The third kappa shape index (κ3) is 10.1. The predicted molar refractivity (Wildman–Crippen MR) is 291 cm³/mol. The van der Waals surface area contributed by atoms with Crippen LogP contribution >= 0.6 is 12.6 Å². The number of aryl methyl sites for hydroxylation is 1. The second kappa shape index (κ2) is 21.6. The Kier molecular flexibility index (Phi) is 15.2. The van der Waals surface area contributed by atoms with Gasteiger partial charge in [0.2, 0.25) is 0 Å². The molecule has 0 spiro atoms. The normalized spacial score (nSPS) is 15.1. The summed E-state index contributed by atoms with van der Waals surface area (Å²) in [6.07, 6.45) is 20.6. The maximum absolute atomic E-state index is 6.27. The molecule has 0 atom stereocenters. The molecule has 1 aliphatic rings. The minimum atomic E-state index is -0.849. The topological polar surface area (TPSA) is 40.0 Å². The van der Waals surface area contributed by atoms with Crippen LogP contribution in [0.5, 0.6) is 28.7 Å². The summed E-state index contributed by atoms with van der Waals surface area (Å²) in [6.45, 7) is 9.13.